The van der Waals surface area contributed by atoms with Crippen LogP contribution in [-0.2, 0) is 16.1 Å². The van der Waals surface area contributed by atoms with Crippen LogP contribution in [0.1, 0.15) is 17.4 Å². The zero-order valence-electron chi connectivity index (χ0n) is 13.4. The van der Waals surface area contributed by atoms with E-state index in [1.807, 2.05) is 6.07 Å². The summed E-state index contributed by atoms with van der Waals surface area (Å²) in [5, 5.41) is 10.1. The lowest BCUT2D eigenvalue weighted by Gasteiger charge is -2.34. The number of aliphatic hydroxyl groups is 1. The van der Waals surface area contributed by atoms with E-state index in [-0.39, 0.29) is 18.5 Å². The predicted molar refractivity (Wildman–Crippen MR) is 85.9 cm³/mol. The molecule has 0 aliphatic carbocycles. The van der Waals surface area contributed by atoms with E-state index >= 15 is 0 Å². The summed E-state index contributed by atoms with van der Waals surface area (Å²) in [5.41, 5.74) is 0.949. The summed E-state index contributed by atoms with van der Waals surface area (Å²) < 4.78 is 29.4. The van der Waals surface area contributed by atoms with Crippen molar-refractivity contribution in [2.24, 2.45) is 0 Å². The Balaban J connectivity index is 1.43. The molecule has 1 aliphatic rings. The van der Waals surface area contributed by atoms with Crippen LogP contribution in [-0.4, -0.2) is 49.0 Å². The molecule has 3 rings (SSSR count). The molecule has 0 saturated carbocycles. The van der Waals surface area contributed by atoms with Gasteiger partial charge in [-0.15, -0.1) is 0 Å². The highest BCUT2D eigenvalue weighted by Crippen LogP contribution is 2.22. The molecular formula is C18H22FNO4. The van der Waals surface area contributed by atoms with Gasteiger partial charge in [0.1, 0.15) is 18.2 Å². The fourth-order valence-electron chi connectivity index (χ4n) is 2.79. The predicted octanol–water partition coefficient (Wildman–Crippen LogP) is 2.37. The van der Waals surface area contributed by atoms with Gasteiger partial charge in [0.15, 0.2) is 0 Å². The topological polar surface area (TPSA) is 55.1 Å². The average molecular weight is 335 g/mol. The molecule has 6 heteroatoms. The molecule has 0 bridgehead atoms. The molecule has 1 aliphatic heterocycles. The quantitative estimate of drug-likeness (QED) is 0.842. The van der Waals surface area contributed by atoms with E-state index in [0.29, 0.717) is 26.3 Å². The van der Waals surface area contributed by atoms with Crippen LogP contribution in [0.25, 0.3) is 0 Å². The maximum Gasteiger partial charge on any atom is 0.129 e. The molecule has 130 valence electrons. The second kappa shape index (κ2) is 8.39. The molecule has 2 heterocycles. The first-order chi connectivity index (χ1) is 11.7. The molecular weight excluding hydrogens is 313 g/mol. The number of furan rings is 1. The van der Waals surface area contributed by atoms with E-state index in [9.17, 15) is 9.50 Å². The highest BCUT2D eigenvalue weighted by molar-refractivity contribution is 5.19. The minimum atomic E-state index is -0.577. The van der Waals surface area contributed by atoms with Crippen LogP contribution < -0.4 is 0 Å². The van der Waals surface area contributed by atoms with Crippen molar-refractivity contribution in [2.75, 3.05) is 32.8 Å². The molecule has 1 aromatic carbocycles. The van der Waals surface area contributed by atoms with Crippen LogP contribution in [0.2, 0.25) is 0 Å². The second-order valence-electron chi connectivity index (χ2n) is 5.92. The fourth-order valence-corrected chi connectivity index (χ4v) is 2.79. The van der Waals surface area contributed by atoms with Gasteiger partial charge in [-0.2, -0.15) is 0 Å². The minimum Gasteiger partial charge on any atom is -0.467 e. The molecule has 5 nitrogen and oxygen atoms in total. The van der Waals surface area contributed by atoms with Crippen molar-refractivity contribution in [1.29, 1.82) is 0 Å². The largest absolute Gasteiger partial charge is 0.467 e. The maximum absolute atomic E-state index is 13.0. The molecule has 1 saturated heterocycles. The summed E-state index contributed by atoms with van der Waals surface area (Å²) >= 11 is 0. The molecule has 0 radical (unpaired) electrons. The molecule has 1 aromatic heterocycles. The minimum absolute atomic E-state index is 0.101. The van der Waals surface area contributed by atoms with Crippen LogP contribution >= 0.6 is 0 Å². The van der Waals surface area contributed by atoms with Gasteiger partial charge in [-0.3, -0.25) is 4.90 Å². The summed E-state index contributed by atoms with van der Waals surface area (Å²) in [7, 11) is 0. The Morgan fingerprint density at radius 2 is 2.12 bits per heavy atom. The first-order valence-electron chi connectivity index (χ1n) is 8.08. The smallest absolute Gasteiger partial charge is 0.129 e. The molecule has 2 unspecified atom stereocenters. The van der Waals surface area contributed by atoms with Gasteiger partial charge in [-0.1, -0.05) is 12.1 Å². The number of benzene rings is 1. The van der Waals surface area contributed by atoms with Gasteiger partial charge in [0.05, 0.1) is 31.7 Å². The number of halogens is 1. The number of rotatable bonds is 7. The SMILES string of the molecule is OC(COCc1ccco1)CN1CCOC(c2ccc(F)cc2)C1. The molecule has 0 amide bonds. The molecule has 2 aromatic rings. The zero-order valence-corrected chi connectivity index (χ0v) is 13.4. The maximum atomic E-state index is 13.0. The number of hydrogen-bond acceptors (Lipinski definition) is 5. The van der Waals surface area contributed by atoms with Crippen LogP contribution in [0.4, 0.5) is 4.39 Å². The zero-order chi connectivity index (χ0) is 16.8. The van der Waals surface area contributed by atoms with Gasteiger partial charge >= 0.3 is 0 Å². The average Bonchev–Trinajstić information content (AvgIpc) is 3.09. The molecule has 1 N–H and O–H groups in total. The number of ether oxygens (including phenoxy) is 2. The summed E-state index contributed by atoms with van der Waals surface area (Å²) in [4.78, 5) is 2.14. The van der Waals surface area contributed by atoms with Gasteiger partial charge in [0.25, 0.3) is 0 Å². The van der Waals surface area contributed by atoms with Crippen molar-refractivity contribution < 1.29 is 23.4 Å². The Kier molecular flexibility index (Phi) is 5.98. The third-order valence-electron chi connectivity index (χ3n) is 4.00. The number of morpholine rings is 1. The van der Waals surface area contributed by atoms with Gasteiger partial charge in [-0.25, -0.2) is 4.39 Å². The molecule has 2 atom stereocenters. The standard InChI is InChI=1S/C18H22FNO4/c19-15-5-3-14(4-6-15)18-11-20(7-9-24-18)10-16(21)12-22-13-17-2-1-8-23-17/h1-6,8,16,18,21H,7,9-13H2. The third-order valence-corrected chi connectivity index (χ3v) is 4.00. The van der Waals surface area contributed by atoms with E-state index < -0.39 is 6.10 Å². The van der Waals surface area contributed by atoms with Gasteiger partial charge < -0.3 is 19.0 Å². The van der Waals surface area contributed by atoms with E-state index in [4.69, 9.17) is 13.9 Å². The van der Waals surface area contributed by atoms with Crippen molar-refractivity contribution in [2.45, 2.75) is 18.8 Å². The van der Waals surface area contributed by atoms with Crippen LogP contribution in [0.3, 0.4) is 0 Å². The Morgan fingerprint density at radius 1 is 1.29 bits per heavy atom. The van der Waals surface area contributed by atoms with Gasteiger partial charge in [-0.05, 0) is 29.8 Å². The number of hydrogen-bond donors (Lipinski definition) is 1. The first kappa shape index (κ1) is 17.1. The number of β-amino-alcohol motifs (C(OH)–C–C–N with tert-alkyl or cyclic N) is 1. The lowest BCUT2D eigenvalue weighted by molar-refractivity contribution is -0.0544. The molecule has 24 heavy (non-hydrogen) atoms. The Morgan fingerprint density at radius 3 is 2.88 bits per heavy atom. The van der Waals surface area contributed by atoms with Crippen LogP contribution in [0, 0.1) is 5.82 Å². The first-order valence-corrected chi connectivity index (χ1v) is 8.08. The summed E-state index contributed by atoms with van der Waals surface area (Å²) in [5.74, 6) is 0.487. The van der Waals surface area contributed by atoms with Crippen molar-refractivity contribution in [3.63, 3.8) is 0 Å². The lowest BCUT2D eigenvalue weighted by atomic mass is 10.1. The van der Waals surface area contributed by atoms with Crippen molar-refractivity contribution in [1.82, 2.24) is 4.90 Å². The Labute approximate surface area is 140 Å². The van der Waals surface area contributed by atoms with E-state index in [1.54, 1.807) is 24.5 Å². The number of nitrogens with zero attached hydrogens (tertiary/aromatic N) is 1. The number of aliphatic hydroxyl groups excluding tert-OH is 1. The third kappa shape index (κ3) is 4.88. The Bertz CT molecular complexity index is 602. The molecule has 0 spiro atoms. The second-order valence-corrected chi connectivity index (χ2v) is 5.92. The highest BCUT2D eigenvalue weighted by atomic mass is 19.1. The van der Waals surface area contributed by atoms with Crippen LogP contribution in [0.5, 0.6) is 0 Å². The summed E-state index contributed by atoms with van der Waals surface area (Å²) in [6.07, 6.45) is 0.917. The molecule has 1 fully saturated rings. The van der Waals surface area contributed by atoms with E-state index in [0.717, 1.165) is 17.9 Å². The Hall–Kier alpha value is -1.73. The van der Waals surface area contributed by atoms with Crippen molar-refractivity contribution in [3.8, 4) is 0 Å². The van der Waals surface area contributed by atoms with E-state index in [2.05, 4.69) is 4.90 Å². The lowest BCUT2D eigenvalue weighted by Crippen LogP contribution is -2.43. The summed E-state index contributed by atoms with van der Waals surface area (Å²) in [6.45, 7) is 3.12. The van der Waals surface area contributed by atoms with Gasteiger partial charge in [0.2, 0.25) is 0 Å². The normalized spacial score (nSPS) is 20.2. The van der Waals surface area contributed by atoms with E-state index in [1.165, 1.54) is 12.1 Å². The van der Waals surface area contributed by atoms with Crippen LogP contribution in [0.15, 0.2) is 47.1 Å². The van der Waals surface area contributed by atoms with Crippen molar-refractivity contribution >= 4 is 0 Å². The van der Waals surface area contributed by atoms with Crippen molar-refractivity contribution in [3.05, 3.63) is 59.8 Å². The fraction of sp³-hybridized carbons (Fsp3) is 0.444. The highest BCUT2D eigenvalue weighted by Gasteiger charge is 2.23. The van der Waals surface area contributed by atoms with Gasteiger partial charge in [0, 0.05) is 19.6 Å². The summed E-state index contributed by atoms with van der Waals surface area (Å²) in [6, 6.07) is 10.0. The monoisotopic (exact) mass is 335 g/mol.